The molecule has 0 unspecified atom stereocenters. The normalized spacial score (nSPS) is 10.6. The Bertz CT molecular complexity index is 782. The summed E-state index contributed by atoms with van der Waals surface area (Å²) in [5, 5.41) is 9.95. The molecule has 1 aromatic heterocycles. The van der Waals surface area contributed by atoms with Crippen molar-refractivity contribution in [3.63, 3.8) is 0 Å². The van der Waals surface area contributed by atoms with Gasteiger partial charge in [-0.15, -0.1) is 0 Å². The van der Waals surface area contributed by atoms with Gasteiger partial charge in [-0.05, 0) is 26.0 Å². The van der Waals surface area contributed by atoms with E-state index >= 15 is 0 Å². The van der Waals surface area contributed by atoms with Crippen LogP contribution < -0.4 is 0 Å². The number of phenols is 1. The van der Waals surface area contributed by atoms with Gasteiger partial charge in [0, 0.05) is 5.56 Å². The maximum atomic E-state index is 9.95. The Morgan fingerprint density at radius 1 is 0.762 bits per heavy atom. The van der Waals surface area contributed by atoms with Crippen LogP contribution in [0, 0.1) is 13.8 Å². The van der Waals surface area contributed by atoms with Crippen LogP contribution >= 0.6 is 0 Å². The molecule has 0 bridgehead atoms. The van der Waals surface area contributed by atoms with E-state index < -0.39 is 0 Å². The van der Waals surface area contributed by atoms with E-state index in [1.807, 2.05) is 44.2 Å². The lowest BCUT2D eigenvalue weighted by Gasteiger charge is -2.07. The van der Waals surface area contributed by atoms with Gasteiger partial charge in [0.1, 0.15) is 11.6 Å². The molecule has 0 saturated heterocycles. The van der Waals surface area contributed by atoms with Gasteiger partial charge < -0.3 is 5.11 Å². The first kappa shape index (κ1) is 13.2. The van der Waals surface area contributed by atoms with Gasteiger partial charge in [0.05, 0.1) is 5.56 Å². The van der Waals surface area contributed by atoms with E-state index in [-0.39, 0.29) is 5.75 Å². The molecule has 0 aliphatic carbocycles. The minimum Gasteiger partial charge on any atom is -0.507 e. The first-order valence-corrected chi connectivity index (χ1v) is 6.71. The van der Waals surface area contributed by atoms with Crippen LogP contribution in [0.25, 0.3) is 22.8 Å². The quantitative estimate of drug-likeness (QED) is 0.778. The van der Waals surface area contributed by atoms with Gasteiger partial charge in [0.25, 0.3) is 0 Å². The Morgan fingerprint density at radius 2 is 1.43 bits per heavy atom. The van der Waals surface area contributed by atoms with Crippen molar-refractivity contribution < 1.29 is 5.11 Å². The van der Waals surface area contributed by atoms with Crippen LogP contribution in [0.3, 0.4) is 0 Å². The molecule has 0 fully saturated rings. The fourth-order valence-electron chi connectivity index (χ4n) is 2.10. The summed E-state index contributed by atoms with van der Waals surface area (Å²) in [6.07, 6.45) is 0. The van der Waals surface area contributed by atoms with Crippen LogP contribution in [0.1, 0.15) is 11.4 Å². The Balaban J connectivity index is 2.13. The molecular formula is C17H15N3O. The van der Waals surface area contributed by atoms with Crippen LogP contribution in [-0.2, 0) is 0 Å². The predicted octanol–water partition coefficient (Wildman–Crippen LogP) is 3.53. The smallest absolute Gasteiger partial charge is 0.167 e. The standard InChI is InChI=1S/C17H15N3O/c1-11-7-9-13(10-8-11)16-18-12(2)19-17(20-16)14-5-3-4-6-15(14)21/h3-10,21H,1-2H3. The van der Waals surface area contributed by atoms with Crippen molar-refractivity contribution in [2.75, 3.05) is 0 Å². The first-order chi connectivity index (χ1) is 10.1. The second-order valence-corrected chi connectivity index (χ2v) is 4.91. The molecule has 2 aromatic carbocycles. The van der Waals surface area contributed by atoms with Crippen LogP contribution in [0.4, 0.5) is 0 Å². The third-order valence-electron chi connectivity index (χ3n) is 3.20. The number of para-hydroxylation sites is 1. The highest BCUT2D eigenvalue weighted by molar-refractivity contribution is 5.66. The van der Waals surface area contributed by atoms with E-state index in [0.717, 1.165) is 5.56 Å². The zero-order valence-electron chi connectivity index (χ0n) is 11.9. The first-order valence-electron chi connectivity index (χ1n) is 6.71. The highest BCUT2D eigenvalue weighted by atomic mass is 16.3. The topological polar surface area (TPSA) is 58.9 Å². The van der Waals surface area contributed by atoms with Gasteiger partial charge in [-0.25, -0.2) is 15.0 Å². The van der Waals surface area contributed by atoms with Crippen molar-refractivity contribution in [1.82, 2.24) is 15.0 Å². The van der Waals surface area contributed by atoms with Gasteiger partial charge in [-0.3, -0.25) is 0 Å². The number of aryl methyl sites for hydroxylation is 2. The molecule has 0 atom stereocenters. The number of hydrogen-bond donors (Lipinski definition) is 1. The monoisotopic (exact) mass is 277 g/mol. The van der Waals surface area contributed by atoms with E-state index in [1.165, 1.54) is 5.56 Å². The number of phenolic OH excluding ortho intramolecular Hbond substituents is 1. The predicted molar refractivity (Wildman–Crippen MR) is 81.8 cm³/mol. The summed E-state index contributed by atoms with van der Waals surface area (Å²) in [5.74, 6) is 1.88. The third kappa shape index (κ3) is 2.74. The Labute approximate surface area is 123 Å². The van der Waals surface area contributed by atoms with Crippen LogP contribution in [0.15, 0.2) is 48.5 Å². The number of hydrogen-bond acceptors (Lipinski definition) is 4. The lowest BCUT2D eigenvalue weighted by molar-refractivity contribution is 0.477. The second kappa shape index (κ2) is 5.32. The fraction of sp³-hybridized carbons (Fsp3) is 0.118. The van der Waals surface area contributed by atoms with Gasteiger partial charge in [0.15, 0.2) is 11.6 Å². The SMILES string of the molecule is Cc1ccc(-c2nc(C)nc(-c3ccccc3O)n2)cc1. The molecule has 0 amide bonds. The Kier molecular flexibility index (Phi) is 3.36. The van der Waals surface area contributed by atoms with Gasteiger partial charge in [-0.1, -0.05) is 42.0 Å². The third-order valence-corrected chi connectivity index (χ3v) is 3.20. The average molecular weight is 277 g/mol. The molecule has 3 rings (SSSR count). The Hall–Kier alpha value is -2.75. The van der Waals surface area contributed by atoms with Crippen molar-refractivity contribution in [2.24, 2.45) is 0 Å². The molecule has 0 radical (unpaired) electrons. The largest absolute Gasteiger partial charge is 0.507 e. The second-order valence-electron chi connectivity index (χ2n) is 4.91. The average Bonchev–Trinajstić information content (AvgIpc) is 2.48. The van der Waals surface area contributed by atoms with Crippen molar-refractivity contribution in [2.45, 2.75) is 13.8 Å². The summed E-state index contributed by atoms with van der Waals surface area (Å²) in [5.41, 5.74) is 2.73. The number of rotatable bonds is 2. The van der Waals surface area contributed by atoms with E-state index in [1.54, 1.807) is 18.2 Å². The minimum absolute atomic E-state index is 0.165. The van der Waals surface area contributed by atoms with Crippen molar-refractivity contribution >= 4 is 0 Å². The van der Waals surface area contributed by atoms with Gasteiger partial charge >= 0.3 is 0 Å². The highest BCUT2D eigenvalue weighted by Gasteiger charge is 2.11. The zero-order chi connectivity index (χ0) is 14.8. The maximum Gasteiger partial charge on any atom is 0.167 e. The Morgan fingerprint density at radius 3 is 2.14 bits per heavy atom. The summed E-state index contributed by atoms with van der Waals surface area (Å²) in [4.78, 5) is 13.2. The molecule has 4 heteroatoms. The van der Waals surface area contributed by atoms with Crippen molar-refractivity contribution in [3.05, 3.63) is 59.9 Å². The summed E-state index contributed by atoms with van der Waals surface area (Å²) < 4.78 is 0. The number of aromatic hydroxyl groups is 1. The fourth-order valence-corrected chi connectivity index (χ4v) is 2.10. The van der Waals surface area contributed by atoms with E-state index in [2.05, 4.69) is 15.0 Å². The summed E-state index contributed by atoms with van der Waals surface area (Å²) in [6.45, 7) is 3.86. The van der Waals surface area contributed by atoms with E-state index in [9.17, 15) is 5.11 Å². The van der Waals surface area contributed by atoms with Crippen molar-refractivity contribution in [1.29, 1.82) is 0 Å². The number of aromatic nitrogens is 3. The summed E-state index contributed by atoms with van der Waals surface area (Å²) in [6, 6.07) is 15.1. The van der Waals surface area contributed by atoms with E-state index in [4.69, 9.17) is 0 Å². The maximum absolute atomic E-state index is 9.95. The summed E-state index contributed by atoms with van der Waals surface area (Å²) >= 11 is 0. The summed E-state index contributed by atoms with van der Waals surface area (Å²) in [7, 11) is 0. The molecule has 0 spiro atoms. The zero-order valence-corrected chi connectivity index (χ0v) is 11.9. The molecule has 0 aliphatic heterocycles. The molecular weight excluding hydrogens is 262 g/mol. The molecule has 1 N–H and O–H groups in total. The molecule has 104 valence electrons. The molecule has 3 aromatic rings. The molecule has 21 heavy (non-hydrogen) atoms. The van der Waals surface area contributed by atoms with Gasteiger partial charge in [0.2, 0.25) is 0 Å². The molecule has 0 aliphatic rings. The lowest BCUT2D eigenvalue weighted by Crippen LogP contribution is -1.99. The minimum atomic E-state index is 0.165. The number of nitrogens with zero attached hydrogens (tertiary/aromatic N) is 3. The van der Waals surface area contributed by atoms with Gasteiger partial charge in [-0.2, -0.15) is 0 Å². The van der Waals surface area contributed by atoms with Crippen LogP contribution in [0.5, 0.6) is 5.75 Å². The molecule has 1 heterocycles. The highest BCUT2D eigenvalue weighted by Crippen LogP contribution is 2.27. The van der Waals surface area contributed by atoms with Crippen molar-refractivity contribution in [3.8, 4) is 28.5 Å². The van der Waals surface area contributed by atoms with E-state index in [0.29, 0.717) is 23.0 Å². The lowest BCUT2D eigenvalue weighted by atomic mass is 10.1. The van der Waals surface area contributed by atoms with Crippen LogP contribution in [-0.4, -0.2) is 20.1 Å². The van der Waals surface area contributed by atoms with Crippen LogP contribution in [0.2, 0.25) is 0 Å². The molecule has 0 saturated carbocycles. The number of benzene rings is 2. The molecule has 4 nitrogen and oxygen atoms in total.